The molecular formula is C30H27Br2N3O6S. The van der Waals surface area contributed by atoms with Crippen molar-refractivity contribution in [3.05, 3.63) is 127 Å². The molecule has 0 aliphatic heterocycles. The fourth-order valence-electron chi connectivity index (χ4n) is 4.40. The minimum Gasteiger partial charge on any atom is -0.497 e. The van der Waals surface area contributed by atoms with E-state index in [2.05, 4.69) is 37.2 Å². The third kappa shape index (κ3) is 6.83. The quantitative estimate of drug-likeness (QED) is 0.136. The summed E-state index contributed by atoms with van der Waals surface area (Å²) in [7, 11) is -1.46. The van der Waals surface area contributed by atoms with E-state index in [-0.39, 0.29) is 10.6 Å². The number of non-ortho nitro benzene ring substituents is 1. The zero-order valence-corrected chi connectivity index (χ0v) is 26.8. The normalized spacial score (nSPS) is 12.7. The van der Waals surface area contributed by atoms with Crippen molar-refractivity contribution in [2.75, 3.05) is 19.5 Å². The van der Waals surface area contributed by atoms with Crippen LogP contribution in [0.5, 0.6) is 5.75 Å². The number of nitro groups is 1. The van der Waals surface area contributed by atoms with Crippen LogP contribution in [0.2, 0.25) is 0 Å². The van der Waals surface area contributed by atoms with E-state index < -0.39 is 32.8 Å². The molecule has 1 N–H and O–H groups in total. The van der Waals surface area contributed by atoms with Crippen LogP contribution in [-0.4, -0.2) is 37.7 Å². The van der Waals surface area contributed by atoms with Crippen molar-refractivity contribution in [3.63, 3.8) is 0 Å². The Morgan fingerprint density at radius 3 is 2.05 bits per heavy atom. The number of carbonyl (C=O) groups is 1. The number of ether oxygens (including phenoxy) is 1. The van der Waals surface area contributed by atoms with Gasteiger partial charge in [-0.3, -0.25) is 14.9 Å². The second-order valence-corrected chi connectivity index (χ2v) is 13.2. The predicted molar refractivity (Wildman–Crippen MR) is 168 cm³/mol. The molecule has 1 amide bonds. The van der Waals surface area contributed by atoms with Gasteiger partial charge in [0.15, 0.2) is 0 Å². The first kappa shape index (κ1) is 31.2. The molecule has 218 valence electrons. The number of hydrogen-bond donors (Lipinski definition) is 1. The van der Waals surface area contributed by atoms with Crippen molar-refractivity contribution in [1.29, 1.82) is 0 Å². The molecule has 0 radical (unpaired) electrons. The number of hydrogen-bond acceptors (Lipinski definition) is 7. The average Bonchev–Trinajstić information content (AvgIpc) is 2.98. The van der Waals surface area contributed by atoms with Crippen LogP contribution in [0.3, 0.4) is 0 Å². The highest BCUT2D eigenvalue weighted by Gasteiger charge is 2.38. The lowest BCUT2D eigenvalue weighted by Crippen LogP contribution is -2.40. The smallest absolute Gasteiger partial charge is 0.269 e. The van der Waals surface area contributed by atoms with Gasteiger partial charge in [-0.2, -0.15) is 0 Å². The Bertz CT molecular complexity index is 1700. The molecule has 0 saturated heterocycles. The molecule has 42 heavy (non-hydrogen) atoms. The first-order chi connectivity index (χ1) is 19.9. The summed E-state index contributed by atoms with van der Waals surface area (Å²) in [6, 6.07) is 23.4. The summed E-state index contributed by atoms with van der Waals surface area (Å²) in [5.74, 6) is -1.22. The molecule has 9 nitrogen and oxygen atoms in total. The van der Waals surface area contributed by atoms with Crippen molar-refractivity contribution < 1.29 is 22.9 Å². The lowest BCUT2D eigenvalue weighted by atomic mass is 9.85. The molecule has 0 bridgehead atoms. The summed E-state index contributed by atoms with van der Waals surface area (Å²) in [5.41, 5.74) is 2.44. The SMILES string of the molecule is COc1ccc([C@@H](C(=O)N(C)S(=O)(=O)c2ccc(C)cc2)[C@H](Nc2ccc(Br)c(Br)c2)c2ccc([N+](=O)[O-])cc2)cc1. The molecule has 0 unspecified atom stereocenters. The van der Waals surface area contributed by atoms with E-state index in [1.54, 1.807) is 54.6 Å². The van der Waals surface area contributed by atoms with Gasteiger partial charge in [-0.15, -0.1) is 0 Å². The van der Waals surface area contributed by atoms with E-state index >= 15 is 0 Å². The summed E-state index contributed by atoms with van der Waals surface area (Å²) in [5, 5.41) is 14.7. The van der Waals surface area contributed by atoms with Crippen LogP contribution < -0.4 is 10.1 Å². The number of likely N-dealkylation sites (N-methyl/N-ethyl adjacent to an activating group) is 1. The summed E-state index contributed by atoms with van der Waals surface area (Å²) >= 11 is 6.95. The van der Waals surface area contributed by atoms with Gasteiger partial charge in [0.05, 0.1) is 28.9 Å². The molecule has 4 aromatic carbocycles. The number of benzene rings is 4. The van der Waals surface area contributed by atoms with Crippen molar-refractivity contribution in [3.8, 4) is 5.75 Å². The molecule has 0 aromatic heterocycles. The highest BCUT2D eigenvalue weighted by atomic mass is 79.9. The number of amides is 1. The average molecular weight is 717 g/mol. The molecule has 0 heterocycles. The van der Waals surface area contributed by atoms with E-state index in [4.69, 9.17) is 4.74 Å². The minimum absolute atomic E-state index is 0.0193. The Kier molecular flexibility index (Phi) is 9.70. The fraction of sp³-hybridized carbons (Fsp3) is 0.167. The number of carbonyl (C=O) groups excluding carboxylic acids is 1. The van der Waals surface area contributed by atoms with Crippen LogP contribution in [0.1, 0.15) is 28.7 Å². The van der Waals surface area contributed by atoms with Crippen LogP contribution in [0.15, 0.2) is 105 Å². The third-order valence-electron chi connectivity index (χ3n) is 6.77. The second-order valence-electron chi connectivity index (χ2n) is 9.47. The minimum atomic E-state index is -4.21. The number of nitro benzene ring substituents is 1. The summed E-state index contributed by atoms with van der Waals surface area (Å²) in [6.45, 7) is 1.84. The number of aryl methyl sites for hydroxylation is 1. The molecule has 0 fully saturated rings. The fourth-order valence-corrected chi connectivity index (χ4v) is 6.17. The number of sulfonamides is 1. The molecule has 4 rings (SSSR count). The second kappa shape index (κ2) is 13.1. The van der Waals surface area contributed by atoms with Gasteiger partial charge in [-0.1, -0.05) is 42.0 Å². The van der Waals surface area contributed by atoms with E-state index in [9.17, 15) is 23.3 Å². The first-order valence-electron chi connectivity index (χ1n) is 12.6. The van der Waals surface area contributed by atoms with E-state index in [1.165, 1.54) is 38.4 Å². The third-order valence-corrected chi connectivity index (χ3v) is 10.4. The molecule has 0 spiro atoms. The lowest BCUT2D eigenvalue weighted by Gasteiger charge is -2.32. The number of rotatable bonds is 10. The molecule has 12 heteroatoms. The highest BCUT2D eigenvalue weighted by Crippen LogP contribution is 2.39. The monoisotopic (exact) mass is 715 g/mol. The Balaban J connectivity index is 1.88. The maximum absolute atomic E-state index is 14.3. The topological polar surface area (TPSA) is 119 Å². The van der Waals surface area contributed by atoms with Gasteiger partial charge in [-0.05, 0) is 92.4 Å². The standard InChI is InChI=1S/C30H27Br2N3O6S/c1-19-4-15-25(16-5-19)42(39,40)34(2)30(36)28(20-8-13-24(41-3)14-9-20)29(21-6-11-23(12-7-21)35(37)38)33-22-10-17-26(31)27(32)18-22/h4-18,28-29,33H,1-3H3/t28-,29-/m1/s1. The van der Waals surface area contributed by atoms with Gasteiger partial charge in [0.2, 0.25) is 5.91 Å². The molecule has 2 atom stereocenters. The summed E-state index contributed by atoms with van der Waals surface area (Å²) in [4.78, 5) is 25.2. The lowest BCUT2D eigenvalue weighted by molar-refractivity contribution is -0.384. The zero-order valence-electron chi connectivity index (χ0n) is 22.8. The zero-order chi connectivity index (χ0) is 30.6. The number of halogens is 2. The Labute approximate surface area is 261 Å². The van der Waals surface area contributed by atoms with Gasteiger partial charge >= 0.3 is 0 Å². The first-order valence-corrected chi connectivity index (χ1v) is 15.6. The predicted octanol–water partition coefficient (Wildman–Crippen LogP) is 7.22. The van der Waals surface area contributed by atoms with Crippen LogP contribution in [-0.2, 0) is 14.8 Å². The van der Waals surface area contributed by atoms with Crippen molar-refractivity contribution >= 4 is 59.2 Å². The van der Waals surface area contributed by atoms with Crippen LogP contribution in [0, 0.1) is 17.0 Å². The largest absolute Gasteiger partial charge is 0.497 e. The molecule has 4 aromatic rings. The van der Waals surface area contributed by atoms with Gasteiger partial charge < -0.3 is 10.1 Å². The van der Waals surface area contributed by atoms with Crippen molar-refractivity contribution in [2.45, 2.75) is 23.8 Å². The maximum atomic E-state index is 14.3. The maximum Gasteiger partial charge on any atom is 0.269 e. The molecule has 0 aliphatic carbocycles. The Morgan fingerprint density at radius 1 is 0.905 bits per heavy atom. The van der Waals surface area contributed by atoms with Gasteiger partial charge in [-0.25, -0.2) is 12.7 Å². The van der Waals surface area contributed by atoms with E-state index in [0.29, 0.717) is 22.6 Å². The highest BCUT2D eigenvalue weighted by molar-refractivity contribution is 9.13. The summed E-state index contributed by atoms with van der Waals surface area (Å²) in [6.07, 6.45) is 0. The summed E-state index contributed by atoms with van der Waals surface area (Å²) < 4.78 is 34.9. The van der Waals surface area contributed by atoms with Crippen LogP contribution in [0.4, 0.5) is 11.4 Å². The number of methoxy groups -OCH3 is 1. The van der Waals surface area contributed by atoms with E-state index in [0.717, 1.165) is 18.8 Å². The molecular weight excluding hydrogens is 690 g/mol. The van der Waals surface area contributed by atoms with Gasteiger partial charge in [0.25, 0.3) is 15.7 Å². The molecule has 0 saturated carbocycles. The van der Waals surface area contributed by atoms with Crippen LogP contribution in [0.25, 0.3) is 0 Å². The number of anilines is 1. The molecule has 0 aliphatic rings. The van der Waals surface area contributed by atoms with E-state index in [1.807, 2.05) is 19.1 Å². The van der Waals surface area contributed by atoms with Crippen LogP contribution >= 0.6 is 31.9 Å². The Hall–Kier alpha value is -3.74. The van der Waals surface area contributed by atoms with Crippen molar-refractivity contribution in [1.82, 2.24) is 4.31 Å². The van der Waals surface area contributed by atoms with Gasteiger partial charge in [0, 0.05) is 33.8 Å². The Morgan fingerprint density at radius 2 is 1.50 bits per heavy atom. The van der Waals surface area contributed by atoms with Gasteiger partial charge in [0.1, 0.15) is 5.75 Å². The van der Waals surface area contributed by atoms with Crippen molar-refractivity contribution in [2.24, 2.45) is 0 Å². The number of nitrogens with one attached hydrogen (secondary N) is 1. The number of nitrogens with zero attached hydrogens (tertiary/aromatic N) is 2.